The average molecular weight is 240 g/mol. The molecule has 2 aliphatic rings. The summed E-state index contributed by atoms with van der Waals surface area (Å²) in [6.07, 6.45) is 5.80. The van der Waals surface area contributed by atoms with Crippen LogP contribution in [0.4, 0.5) is 0 Å². The fourth-order valence-corrected chi connectivity index (χ4v) is 3.16. The Morgan fingerprint density at radius 3 is 2.94 bits per heavy atom. The van der Waals surface area contributed by atoms with Gasteiger partial charge in [-0.1, -0.05) is 20.3 Å². The summed E-state index contributed by atoms with van der Waals surface area (Å²) in [5.74, 6) is 0. The van der Waals surface area contributed by atoms with Gasteiger partial charge in [-0.15, -0.1) is 0 Å². The predicted octanol–water partition coefficient (Wildman–Crippen LogP) is 1.88. The minimum absolute atomic E-state index is 0.388. The molecule has 1 N–H and O–H groups in total. The normalized spacial score (nSPS) is 34.8. The molecule has 0 aromatic rings. The molecule has 0 aromatic heterocycles. The first-order valence-corrected chi connectivity index (χ1v) is 7.09. The number of hydrogen-bond donors (Lipinski definition) is 1. The van der Waals surface area contributed by atoms with E-state index in [2.05, 4.69) is 31.1 Å². The molecule has 100 valence electrons. The monoisotopic (exact) mass is 240 g/mol. The first kappa shape index (κ1) is 13.3. The van der Waals surface area contributed by atoms with Gasteiger partial charge in [-0.05, 0) is 31.7 Å². The topological polar surface area (TPSA) is 24.5 Å². The van der Waals surface area contributed by atoms with Crippen molar-refractivity contribution in [3.05, 3.63) is 0 Å². The van der Waals surface area contributed by atoms with E-state index in [0.717, 1.165) is 26.2 Å². The van der Waals surface area contributed by atoms with E-state index in [-0.39, 0.29) is 0 Å². The Morgan fingerprint density at radius 1 is 1.41 bits per heavy atom. The van der Waals surface area contributed by atoms with Crippen molar-refractivity contribution in [3.63, 3.8) is 0 Å². The number of nitrogens with one attached hydrogen (secondary N) is 1. The van der Waals surface area contributed by atoms with Gasteiger partial charge in [-0.25, -0.2) is 0 Å². The molecule has 2 fully saturated rings. The molecule has 1 saturated heterocycles. The lowest BCUT2D eigenvalue weighted by molar-refractivity contribution is -0.0205. The number of likely N-dealkylation sites (N-methyl/N-ethyl adjacent to an activating group) is 1. The Morgan fingerprint density at radius 2 is 2.24 bits per heavy atom. The van der Waals surface area contributed by atoms with Gasteiger partial charge in [-0.2, -0.15) is 0 Å². The minimum atomic E-state index is 0.388. The Bertz CT molecular complexity index is 242. The zero-order valence-electron chi connectivity index (χ0n) is 11.7. The quantitative estimate of drug-likeness (QED) is 0.815. The zero-order chi connectivity index (χ0) is 12.3. The van der Waals surface area contributed by atoms with Crippen LogP contribution in [-0.2, 0) is 4.74 Å². The SMILES string of the molecule is CN1CCOC(CNC2CCCC(C)(C)C2)C1. The molecule has 2 unspecified atom stereocenters. The zero-order valence-corrected chi connectivity index (χ0v) is 11.7. The molecule has 17 heavy (non-hydrogen) atoms. The largest absolute Gasteiger partial charge is 0.374 e. The maximum Gasteiger partial charge on any atom is 0.0826 e. The number of hydrogen-bond acceptors (Lipinski definition) is 3. The molecule has 0 spiro atoms. The highest BCUT2D eigenvalue weighted by molar-refractivity contribution is 4.84. The van der Waals surface area contributed by atoms with E-state index in [0.29, 0.717) is 17.6 Å². The lowest BCUT2D eigenvalue weighted by Crippen LogP contribution is -2.48. The molecule has 1 saturated carbocycles. The summed E-state index contributed by atoms with van der Waals surface area (Å²) in [6.45, 7) is 8.84. The lowest BCUT2D eigenvalue weighted by Gasteiger charge is -2.37. The fraction of sp³-hybridized carbons (Fsp3) is 1.00. The van der Waals surface area contributed by atoms with E-state index in [1.165, 1.54) is 25.7 Å². The molecule has 0 bridgehead atoms. The molecule has 3 heteroatoms. The van der Waals surface area contributed by atoms with Crippen LogP contribution >= 0.6 is 0 Å². The van der Waals surface area contributed by atoms with Crippen molar-refractivity contribution >= 4 is 0 Å². The van der Waals surface area contributed by atoms with Crippen molar-refractivity contribution in [2.45, 2.75) is 51.7 Å². The number of rotatable bonds is 3. The van der Waals surface area contributed by atoms with Crippen molar-refractivity contribution in [2.75, 3.05) is 33.3 Å². The third kappa shape index (κ3) is 4.23. The van der Waals surface area contributed by atoms with Gasteiger partial charge >= 0.3 is 0 Å². The van der Waals surface area contributed by atoms with Crippen LogP contribution in [0.25, 0.3) is 0 Å². The van der Waals surface area contributed by atoms with Gasteiger partial charge in [0.25, 0.3) is 0 Å². The Hall–Kier alpha value is -0.120. The van der Waals surface area contributed by atoms with Crippen LogP contribution in [0, 0.1) is 5.41 Å². The third-order valence-electron chi connectivity index (χ3n) is 4.18. The molecule has 3 nitrogen and oxygen atoms in total. The van der Waals surface area contributed by atoms with Crippen LogP contribution < -0.4 is 5.32 Å². The summed E-state index contributed by atoms with van der Waals surface area (Å²) < 4.78 is 5.79. The van der Waals surface area contributed by atoms with Crippen LogP contribution in [0.2, 0.25) is 0 Å². The number of nitrogens with zero attached hydrogens (tertiary/aromatic N) is 1. The minimum Gasteiger partial charge on any atom is -0.374 e. The van der Waals surface area contributed by atoms with Gasteiger partial charge in [-0.3, -0.25) is 0 Å². The van der Waals surface area contributed by atoms with Gasteiger partial charge in [0.05, 0.1) is 12.7 Å². The molecule has 0 amide bonds. The molecule has 1 aliphatic heterocycles. The van der Waals surface area contributed by atoms with Crippen LogP contribution in [-0.4, -0.2) is 50.3 Å². The van der Waals surface area contributed by atoms with Crippen molar-refractivity contribution in [2.24, 2.45) is 5.41 Å². The smallest absolute Gasteiger partial charge is 0.0826 e. The maximum absolute atomic E-state index is 5.79. The summed E-state index contributed by atoms with van der Waals surface area (Å²) in [6, 6.07) is 0.703. The van der Waals surface area contributed by atoms with Crippen LogP contribution in [0.5, 0.6) is 0 Å². The van der Waals surface area contributed by atoms with E-state index in [1.54, 1.807) is 0 Å². The predicted molar refractivity (Wildman–Crippen MR) is 71.3 cm³/mol. The Kier molecular flexibility index (Phi) is 4.45. The van der Waals surface area contributed by atoms with E-state index in [1.807, 2.05) is 0 Å². The van der Waals surface area contributed by atoms with Gasteiger partial charge < -0.3 is 15.0 Å². The molecule has 2 rings (SSSR count). The van der Waals surface area contributed by atoms with Crippen LogP contribution in [0.15, 0.2) is 0 Å². The van der Waals surface area contributed by atoms with Crippen molar-refractivity contribution in [1.29, 1.82) is 0 Å². The fourth-order valence-electron chi connectivity index (χ4n) is 3.16. The standard InChI is InChI=1S/C14H28N2O/c1-14(2)6-4-5-12(9-14)15-10-13-11-16(3)7-8-17-13/h12-13,15H,4-11H2,1-3H3. The number of ether oxygens (including phenoxy) is 1. The lowest BCUT2D eigenvalue weighted by atomic mass is 9.75. The number of morpholine rings is 1. The second kappa shape index (κ2) is 5.68. The summed E-state index contributed by atoms with van der Waals surface area (Å²) in [7, 11) is 2.18. The van der Waals surface area contributed by atoms with Gasteiger partial charge in [0.1, 0.15) is 0 Å². The summed E-state index contributed by atoms with van der Waals surface area (Å²) in [5, 5.41) is 3.72. The van der Waals surface area contributed by atoms with Crippen molar-refractivity contribution in [1.82, 2.24) is 10.2 Å². The molecule has 1 heterocycles. The summed E-state index contributed by atoms with van der Waals surface area (Å²) in [5.41, 5.74) is 0.528. The molecule has 2 atom stereocenters. The third-order valence-corrected chi connectivity index (χ3v) is 4.18. The highest BCUT2D eigenvalue weighted by Gasteiger charge is 2.28. The van der Waals surface area contributed by atoms with Gasteiger partial charge in [0.2, 0.25) is 0 Å². The molecular formula is C14H28N2O. The maximum atomic E-state index is 5.79. The Balaban J connectivity index is 1.70. The van der Waals surface area contributed by atoms with Crippen molar-refractivity contribution in [3.8, 4) is 0 Å². The second-order valence-electron chi connectivity index (χ2n) is 6.62. The van der Waals surface area contributed by atoms with E-state index < -0.39 is 0 Å². The van der Waals surface area contributed by atoms with Gasteiger partial charge in [0.15, 0.2) is 0 Å². The second-order valence-corrected chi connectivity index (χ2v) is 6.62. The highest BCUT2D eigenvalue weighted by Crippen LogP contribution is 2.35. The van der Waals surface area contributed by atoms with E-state index in [9.17, 15) is 0 Å². The molecule has 1 aliphatic carbocycles. The van der Waals surface area contributed by atoms with E-state index in [4.69, 9.17) is 4.74 Å². The highest BCUT2D eigenvalue weighted by atomic mass is 16.5. The summed E-state index contributed by atoms with van der Waals surface area (Å²) in [4.78, 5) is 2.36. The Labute approximate surface area is 106 Å². The van der Waals surface area contributed by atoms with Crippen LogP contribution in [0.3, 0.4) is 0 Å². The molecular weight excluding hydrogens is 212 g/mol. The first-order chi connectivity index (χ1) is 8.05. The van der Waals surface area contributed by atoms with Crippen LogP contribution in [0.1, 0.15) is 39.5 Å². The van der Waals surface area contributed by atoms with E-state index >= 15 is 0 Å². The van der Waals surface area contributed by atoms with Crippen molar-refractivity contribution < 1.29 is 4.74 Å². The molecule has 0 aromatic carbocycles. The molecule has 0 radical (unpaired) electrons. The average Bonchev–Trinajstić information content (AvgIpc) is 2.25. The first-order valence-electron chi connectivity index (χ1n) is 7.09. The summed E-state index contributed by atoms with van der Waals surface area (Å²) >= 11 is 0. The van der Waals surface area contributed by atoms with Gasteiger partial charge in [0, 0.05) is 25.7 Å².